The average molecular weight is 264 g/mol. The fourth-order valence-corrected chi connectivity index (χ4v) is 3.02. The van der Waals surface area contributed by atoms with Crippen molar-refractivity contribution in [3.8, 4) is 0 Å². The predicted molar refractivity (Wildman–Crippen MR) is 72.9 cm³/mol. The van der Waals surface area contributed by atoms with Crippen molar-refractivity contribution >= 4 is 0 Å². The van der Waals surface area contributed by atoms with Gasteiger partial charge in [0.15, 0.2) is 5.82 Å². The van der Waals surface area contributed by atoms with Crippen LogP contribution in [0.1, 0.15) is 56.3 Å². The highest BCUT2D eigenvalue weighted by Gasteiger charge is 2.20. The zero-order valence-corrected chi connectivity index (χ0v) is 11.6. The summed E-state index contributed by atoms with van der Waals surface area (Å²) >= 11 is 0. The van der Waals surface area contributed by atoms with Gasteiger partial charge in [-0.25, -0.2) is 0 Å². The highest BCUT2D eigenvalue weighted by molar-refractivity contribution is 4.95. The van der Waals surface area contributed by atoms with Gasteiger partial charge < -0.3 is 14.7 Å². The van der Waals surface area contributed by atoms with Crippen molar-refractivity contribution < 1.29 is 4.52 Å². The number of hydrogen-bond donors (Lipinski definition) is 1. The first-order valence-electron chi connectivity index (χ1n) is 7.70. The van der Waals surface area contributed by atoms with Crippen molar-refractivity contribution in [1.82, 2.24) is 20.4 Å². The molecule has 0 saturated carbocycles. The van der Waals surface area contributed by atoms with Gasteiger partial charge in [-0.3, -0.25) is 0 Å². The minimum Gasteiger partial charge on any atom is -0.339 e. The van der Waals surface area contributed by atoms with Crippen molar-refractivity contribution in [2.45, 2.75) is 51.0 Å². The van der Waals surface area contributed by atoms with Crippen LogP contribution in [0.25, 0.3) is 0 Å². The van der Waals surface area contributed by atoms with Gasteiger partial charge in [0.05, 0.1) is 6.04 Å². The van der Waals surface area contributed by atoms with Crippen LogP contribution in [0.2, 0.25) is 0 Å². The summed E-state index contributed by atoms with van der Waals surface area (Å²) in [6.07, 6.45) is 8.52. The Balaban J connectivity index is 1.52. The van der Waals surface area contributed by atoms with E-state index in [0.717, 1.165) is 37.6 Å². The number of hydrogen-bond acceptors (Lipinski definition) is 5. The van der Waals surface area contributed by atoms with Crippen LogP contribution >= 0.6 is 0 Å². The maximum absolute atomic E-state index is 5.39. The Morgan fingerprint density at radius 1 is 1.16 bits per heavy atom. The van der Waals surface area contributed by atoms with Crippen molar-refractivity contribution in [1.29, 1.82) is 0 Å². The average Bonchev–Trinajstić information content (AvgIpc) is 3.03. The van der Waals surface area contributed by atoms with Crippen LogP contribution in [0, 0.1) is 0 Å². The second-order valence-corrected chi connectivity index (χ2v) is 5.70. The van der Waals surface area contributed by atoms with E-state index in [1.165, 1.54) is 45.2 Å². The highest BCUT2D eigenvalue weighted by Crippen LogP contribution is 2.20. The van der Waals surface area contributed by atoms with E-state index in [2.05, 4.69) is 20.4 Å². The summed E-state index contributed by atoms with van der Waals surface area (Å²) in [6, 6.07) is 0.298. The Hall–Kier alpha value is -0.940. The molecule has 19 heavy (non-hydrogen) atoms. The minimum atomic E-state index is 0.298. The molecule has 0 aliphatic carbocycles. The summed E-state index contributed by atoms with van der Waals surface area (Å²) in [5, 5.41) is 7.67. The third-order valence-corrected chi connectivity index (χ3v) is 4.20. The third-order valence-electron chi connectivity index (χ3n) is 4.20. The lowest BCUT2D eigenvalue weighted by Gasteiger charge is -2.12. The molecule has 0 radical (unpaired) electrons. The molecule has 1 aromatic rings. The lowest BCUT2D eigenvalue weighted by molar-refractivity contribution is 0.309. The molecule has 0 spiro atoms. The van der Waals surface area contributed by atoms with E-state index < -0.39 is 0 Å². The van der Waals surface area contributed by atoms with Crippen molar-refractivity contribution in [3.05, 3.63) is 11.7 Å². The van der Waals surface area contributed by atoms with Gasteiger partial charge in [-0.15, -0.1) is 0 Å². The minimum absolute atomic E-state index is 0.298. The van der Waals surface area contributed by atoms with Crippen molar-refractivity contribution in [2.24, 2.45) is 0 Å². The first-order valence-corrected chi connectivity index (χ1v) is 7.70. The summed E-state index contributed by atoms with van der Waals surface area (Å²) in [6.45, 7) is 4.58. The number of likely N-dealkylation sites (tertiary alicyclic amines) is 1. The molecule has 5 nitrogen and oxygen atoms in total. The maximum atomic E-state index is 5.39. The number of rotatable bonds is 4. The van der Waals surface area contributed by atoms with Crippen LogP contribution in [-0.2, 0) is 6.42 Å². The van der Waals surface area contributed by atoms with E-state index in [1.807, 2.05) is 0 Å². The Labute approximate surface area is 114 Å². The van der Waals surface area contributed by atoms with Gasteiger partial charge in [-0.2, -0.15) is 4.98 Å². The Morgan fingerprint density at radius 3 is 2.95 bits per heavy atom. The number of nitrogens with one attached hydrogen (secondary N) is 1. The van der Waals surface area contributed by atoms with Crippen molar-refractivity contribution in [3.63, 3.8) is 0 Å². The fraction of sp³-hybridized carbons (Fsp3) is 0.857. The number of nitrogens with zero attached hydrogens (tertiary/aromatic N) is 3. The van der Waals surface area contributed by atoms with Crippen LogP contribution in [-0.4, -0.2) is 41.2 Å². The van der Waals surface area contributed by atoms with Crippen molar-refractivity contribution in [2.75, 3.05) is 26.2 Å². The Morgan fingerprint density at radius 2 is 2.05 bits per heavy atom. The SMILES string of the molecule is C1CCNC(c2noc(CCN3CCCC3)n2)CC1. The molecule has 3 rings (SSSR count). The third kappa shape index (κ3) is 3.54. The first-order chi connectivity index (χ1) is 9.42. The summed E-state index contributed by atoms with van der Waals surface area (Å²) in [5.41, 5.74) is 0. The van der Waals surface area contributed by atoms with Crippen LogP contribution < -0.4 is 5.32 Å². The van der Waals surface area contributed by atoms with Gasteiger partial charge in [-0.1, -0.05) is 18.0 Å². The second kappa shape index (κ2) is 6.48. The largest absolute Gasteiger partial charge is 0.339 e. The van der Waals surface area contributed by atoms with E-state index in [0.29, 0.717) is 6.04 Å². The zero-order chi connectivity index (χ0) is 12.9. The molecule has 2 saturated heterocycles. The lowest BCUT2D eigenvalue weighted by atomic mass is 10.1. The Bertz CT molecular complexity index is 379. The van der Waals surface area contributed by atoms with Gasteiger partial charge in [0.1, 0.15) is 0 Å². The normalized spacial score (nSPS) is 25.6. The first kappa shape index (κ1) is 13.1. The molecule has 0 aromatic carbocycles. The van der Waals surface area contributed by atoms with E-state index in [4.69, 9.17) is 4.52 Å². The molecule has 3 heterocycles. The molecule has 1 atom stereocenters. The molecular weight excluding hydrogens is 240 g/mol. The molecule has 1 N–H and O–H groups in total. The van der Waals surface area contributed by atoms with Gasteiger partial charge in [-0.05, 0) is 45.3 Å². The van der Waals surface area contributed by atoms with Crippen LogP contribution in [0.4, 0.5) is 0 Å². The lowest BCUT2D eigenvalue weighted by Crippen LogP contribution is -2.22. The molecule has 5 heteroatoms. The van der Waals surface area contributed by atoms with Crippen LogP contribution in [0.5, 0.6) is 0 Å². The molecule has 2 fully saturated rings. The molecule has 2 aliphatic rings. The second-order valence-electron chi connectivity index (χ2n) is 5.70. The van der Waals surface area contributed by atoms with E-state index in [9.17, 15) is 0 Å². The van der Waals surface area contributed by atoms with E-state index in [-0.39, 0.29) is 0 Å². The van der Waals surface area contributed by atoms with Gasteiger partial charge in [0.2, 0.25) is 5.89 Å². The fourth-order valence-electron chi connectivity index (χ4n) is 3.02. The summed E-state index contributed by atoms with van der Waals surface area (Å²) in [4.78, 5) is 7.05. The Kier molecular flexibility index (Phi) is 4.45. The topological polar surface area (TPSA) is 54.2 Å². The molecule has 0 bridgehead atoms. The van der Waals surface area contributed by atoms with Gasteiger partial charge in [0.25, 0.3) is 0 Å². The van der Waals surface area contributed by atoms with E-state index >= 15 is 0 Å². The predicted octanol–water partition coefficient (Wildman–Crippen LogP) is 1.91. The zero-order valence-electron chi connectivity index (χ0n) is 11.6. The molecule has 1 aromatic heterocycles. The smallest absolute Gasteiger partial charge is 0.227 e. The molecule has 2 aliphatic heterocycles. The van der Waals surface area contributed by atoms with Gasteiger partial charge >= 0.3 is 0 Å². The molecule has 106 valence electrons. The monoisotopic (exact) mass is 264 g/mol. The van der Waals surface area contributed by atoms with Crippen LogP contribution in [0.15, 0.2) is 4.52 Å². The summed E-state index contributed by atoms with van der Waals surface area (Å²) in [5.74, 6) is 1.66. The van der Waals surface area contributed by atoms with Gasteiger partial charge in [0, 0.05) is 13.0 Å². The molecule has 1 unspecified atom stereocenters. The summed E-state index contributed by atoms with van der Waals surface area (Å²) < 4.78 is 5.39. The maximum Gasteiger partial charge on any atom is 0.227 e. The number of aromatic nitrogens is 2. The van der Waals surface area contributed by atoms with Crippen LogP contribution in [0.3, 0.4) is 0 Å². The standard InChI is InChI=1S/C14H24N4O/c1-2-6-12(15-8-3-1)14-16-13(19-17-14)7-11-18-9-4-5-10-18/h12,15H,1-11H2. The highest BCUT2D eigenvalue weighted by atomic mass is 16.5. The molecular formula is C14H24N4O. The quantitative estimate of drug-likeness (QED) is 0.900. The van der Waals surface area contributed by atoms with E-state index in [1.54, 1.807) is 0 Å². The summed E-state index contributed by atoms with van der Waals surface area (Å²) in [7, 11) is 0. The molecule has 0 amide bonds.